The monoisotopic (exact) mass is 371 g/mol. The summed E-state index contributed by atoms with van der Waals surface area (Å²) in [6.07, 6.45) is -3.89. The Kier molecular flexibility index (Phi) is 4.08. The summed E-state index contributed by atoms with van der Waals surface area (Å²) in [7, 11) is 1.48. The minimum atomic E-state index is -4.68. The van der Waals surface area contributed by atoms with Gasteiger partial charge >= 0.3 is 6.18 Å². The number of nitrogens with one attached hydrogen (secondary N) is 1. The van der Waals surface area contributed by atoms with Gasteiger partial charge in [0, 0.05) is 11.9 Å². The third kappa shape index (κ3) is 2.78. The highest BCUT2D eigenvalue weighted by Crippen LogP contribution is 2.36. The van der Waals surface area contributed by atoms with Crippen molar-refractivity contribution < 1.29 is 13.2 Å². The van der Waals surface area contributed by atoms with Gasteiger partial charge in [-0.05, 0) is 36.8 Å². The molecular weight excluding hydrogens is 359 g/mol. The largest absolute Gasteiger partial charge is 0.417 e. The van der Waals surface area contributed by atoms with E-state index in [-0.39, 0.29) is 16.1 Å². The number of hydrogen-bond acceptors (Lipinski definition) is 4. The van der Waals surface area contributed by atoms with Crippen molar-refractivity contribution in [3.05, 3.63) is 43.8 Å². The van der Waals surface area contributed by atoms with E-state index in [9.17, 15) is 18.0 Å². The highest BCUT2D eigenvalue weighted by atomic mass is 32.1. The minimum Gasteiger partial charge on any atom is -0.306 e. The number of aromatic nitrogens is 3. The van der Waals surface area contributed by atoms with Gasteiger partial charge in [0.25, 0.3) is 5.56 Å². The molecule has 0 atom stereocenters. The van der Waals surface area contributed by atoms with E-state index in [4.69, 9.17) is 12.2 Å². The molecule has 0 spiro atoms. The number of thiophene rings is 1. The summed E-state index contributed by atoms with van der Waals surface area (Å²) in [5.41, 5.74) is -1.81. The predicted molar refractivity (Wildman–Crippen MR) is 89.9 cm³/mol. The number of hydrogen-bond donors (Lipinski definition) is 1. The summed E-state index contributed by atoms with van der Waals surface area (Å²) >= 11 is 6.35. The zero-order chi connectivity index (χ0) is 17.6. The molecule has 0 aliphatic heterocycles. The summed E-state index contributed by atoms with van der Waals surface area (Å²) < 4.78 is 41.8. The lowest BCUT2D eigenvalue weighted by atomic mass is 10.1. The normalized spacial score (nSPS) is 12.0. The van der Waals surface area contributed by atoms with E-state index in [1.807, 2.05) is 13.0 Å². The van der Waals surface area contributed by atoms with Gasteiger partial charge in [0.1, 0.15) is 5.65 Å². The fourth-order valence-electron chi connectivity index (χ4n) is 2.39. The molecule has 4 nitrogen and oxygen atoms in total. The van der Waals surface area contributed by atoms with Crippen molar-refractivity contribution in [3.8, 4) is 10.6 Å². The molecule has 0 aliphatic rings. The molecule has 0 amide bonds. The molecule has 0 fully saturated rings. The van der Waals surface area contributed by atoms with Crippen LogP contribution in [0.4, 0.5) is 13.2 Å². The summed E-state index contributed by atoms with van der Waals surface area (Å²) in [4.78, 5) is 20.2. The van der Waals surface area contributed by atoms with E-state index in [1.165, 1.54) is 23.0 Å². The van der Waals surface area contributed by atoms with Crippen LogP contribution < -0.4 is 5.56 Å². The maximum absolute atomic E-state index is 13.5. The molecule has 3 aromatic rings. The van der Waals surface area contributed by atoms with Crippen molar-refractivity contribution >= 4 is 34.6 Å². The first-order valence-electron chi connectivity index (χ1n) is 7.02. The topological polar surface area (TPSA) is 50.7 Å². The lowest BCUT2D eigenvalue weighted by molar-refractivity contribution is -0.136. The van der Waals surface area contributed by atoms with Gasteiger partial charge in [-0.25, -0.2) is 4.98 Å². The Morgan fingerprint density at radius 2 is 2.08 bits per heavy atom. The Morgan fingerprint density at radius 3 is 2.67 bits per heavy atom. The first-order valence-corrected chi connectivity index (χ1v) is 8.25. The molecule has 3 rings (SSSR count). The molecule has 0 aromatic carbocycles. The van der Waals surface area contributed by atoms with E-state index in [1.54, 1.807) is 6.07 Å². The number of alkyl halides is 3. The van der Waals surface area contributed by atoms with Crippen LogP contribution in [0, 0.1) is 4.77 Å². The average Bonchev–Trinajstić information content (AvgIpc) is 2.99. The van der Waals surface area contributed by atoms with Crippen LogP contribution in [0.25, 0.3) is 21.6 Å². The van der Waals surface area contributed by atoms with Crippen molar-refractivity contribution in [2.75, 3.05) is 0 Å². The number of nitrogens with zero attached hydrogens (tertiary/aromatic N) is 2. The van der Waals surface area contributed by atoms with E-state index >= 15 is 0 Å². The molecule has 0 saturated carbocycles. The van der Waals surface area contributed by atoms with Crippen LogP contribution in [0.3, 0.4) is 0 Å². The number of rotatable bonds is 2. The molecule has 24 heavy (non-hydrogen) atoms. The molecule has 3 aromatic heterocycles. The van der Waals surface area contributed by atoms with Gasteiger partial charge in [0.15, 0.2) is 4.77 Å². The maximum atomic E-state index is 13.5. The summed E-state index contributed by atoms with van der Waals surface area (Å²) in [5.74, 6) is 0. The van der Waals surface area contributed by atoms with Crippen LogP contribution in [0.1, 0.15) is 17.4 Å². The maximum Gasteiger partial charge on any atom is 0.417 e. The summed E-state index contributed by atoms with van der Waals surface area (Å²) in [6, 6.07) is 4.51. The van der Waals surface area contributed by atoms with E-state index in [2.05, 4.69) is 9.97 Å². The summed E-state index contributed by atoms with van der Waals surface area (Å²) in [6.45, 7) is 1.97. The van der Waals surface area contributed by atoms with Crippen LogP contribution in [-0.2, 0) is 19.6 Å². The molecule has 0 aliphatic carbocycles. The molecule has 1 N–H and O–H groups in total. The second kappa shape index (κ2) is 5.82. The third-order valence-electron chi connectivity index (χ3n) is 3.64. The number of H-pyrrole nitrogens is 1. The Labute approximate surface area is 143 Å². The van der Waals surface area contributed by atoms with Crippen LogP contribution in [0.15, 0.2) is 23.0 Å². The number of fused-ring (bicyclic) bond motifs is 1. The SMILES string of the molecule is CCc1ccc(-c2cc(C(F)(F)F)c3c(=O)[nH]c(=S)n(C)c3n2)s1. The van der Waals surface area contributed by atoms with Crippen molar-refractivity contribution in [3.63, 3.8) is 0 Å². The van der Waals surface area contributed by atoms with Gasteiger partial charge in [-0.3, -0.25) is 9.78 Å². The molecule has 0 bridgehead atoms. The summed E-state index contributed by atoms with van der Waals surface area (Å²) in [5, 5.41) is -0.505. The first kappa shape index (κ1) is 16.8. The lowest BCUT2D eigenvalue weighted by Gasteiger charge is -2.13. The molecule has 9 heteroatoms. The smallest absolute Gasteiger partial charge is 0.306 e. The zero-order valence-electron chi connectivity index (χ0n) is 12.7. The fourth-order valence-corrected chi connectivity index (χ4v) is 3.48. The molecule has 0 unspecified atom stereocenters. The van der Waals surface area contributed by atoms with Crippen LogP contribution in [0.2, 0.25) is 0 Å². The Hall–Kier alpha value is -2.00. The van der Waals surface area contributed by atoms with Crippen molar-refractivity contribution in [2.24, 2.45) is 7.05 Å². The Morgan fingerprint density at radius 1 is 1.38 bits per heavy atom. The molecular formula is C15H12F3N3OS2. The van der Waals surface area contributed by atoms with Gasteiger partial charge in [-0.1, -0.05) is 6.92 Å². The zero-order valence-corrected chi connectivity index (χ0v) is 14.3. The quantitative estimate of drug-likeness (QED) is 0.684. The molecule has 3 heterocycles. The number of halogens is 3. The predicted octanol–water partition coefficient (Wildman–Crippen LogP) is 4.30. The average molecular weight is 371 g/mol. The van der Waals surface area contributed by atoms with Crippen molar-refractivity contribution in [1.29, 1.82) is 0 Å². The molecule has 0 radical (unpaired) electrons. The van der Waals surface area contributed by atoms with Gasteiger partial charge in [0.05, 0.1) is 21.5 Å². The van der Waals surface area contributed by atoms with Crippen molar-refractivity contribution in [1.82, 2.24) is 14.5 Å². The Bertz CT molecular complexity index is 1050. The lowest BCUT2D eigenvalue weighted by Crippen LogP contribution is -2.19. The minimum absolute atomic E-state index is 0.0192. The van der Waals surface area contributed by atoms with Gasteiger partial charge in [-0.15, -0.1) is 11.3 Å². The Balaban J connectivity index is 2.44. The van der Waals surface area contributed by atoms with Crippen molar-refractivity contribution in [2.45, 2.75) is 19.5 Å². The van der Waals surface area contributed by atoms with Crippen LogP contribution >= 0.6 is 23.6 Å². The number of pyridine rings is 1. The third-order valence-corrected chi connectivity index (χ3v) is 5.27. The van der Waals surface area contributed by atoms with Crippen LogP contribution in [-0.4, -0.2) is 14.5 Å². The first-order chi connectivity index (χ1) is 11.2. The second-order valence-corrected chi connectivity index (χ2v) is 6.74. The standard InChI is InChI=1S/C15H12F3N3OS2/c1-3-7-4-5-10(24-7)9-6-8(15(16,17)18)11-12(19-9)21(2)14(23)20-13(11)22/h4-6H,3H2,1-2H3,(H,20,22,23). The van der Waals surface area contributed by atoms with E-state index in [0.717, 1.165) is 17.4 Å². The van der Waals surface area contributed by atoms with E-state index < -0.39 is 22.7 Å². The second-order valence-electron chi connectivity index (χ2n) is 5.19. The highest BCUT2D eigenvalue weighted by Gasteiger charge is 2.35. The van der Waals surface area contributed by atoms with Gasteiger partial charge < -0.3 is 4.57 Å². The molecule has 126 valence electrons. The van der Waals surface area contributed by atoms with E-state index in [0.29, 0.717) is 4.88 Å². The van der Waals surface area contributed by atoms with Crippen LogP contribution in [0.5, 0.6) is 0 Å². The van der Waals surface area contributed by atoms with Gasteiger partial charge in [0.2, 0.25) is 0 Å². The number of aryl methyl sites for hydroxylation is 2. The fraction of sp³-hybridized carbons (Fsp3) is 0.267. The van der Waals surface area contributed by atoms with Gasteiger partial charge in [-0.2, -0.15) is 13.2 Å². The molecule has 0 saturated heterocycles. The highest BCUT2D eigenvalue weighted by molar-refractivity contribution is 7.71. The number of aromatic amines is 1.